The van der Waals surface area contributed by atoms with Crippen LogP contribution in [-0.2, 0) is 9.53 Å². The van der Waals surface area contributed by atoms with Gasteiger partial charge in [-0.05, 0) is 43.7 Å². The summed E-state index contributed by atoms with van der Waals surface area (Å²) in [7, 11) is 0. The summed E-state index contributed by atoms with van der Waals surface area (Å²) in [6, 6.07) is 14.6. The standard InChI is InChI=1S/C24H31N3O4/c1-18-7-5-8-20(17-18)31-19(2)23(28)26-22-10-4-3-9-21(22)24(29)25-11-6-12-27-13-15-30-16-14-27/h3-5,7-10,17,19H,6,11-16H2,1-2H3,(H,25,29)(H,26,28)/p+1/t19-/m1/s1. The first kappa shape index (κ1) is 22.8. The molecule has 3 N–H and O–H groups in total. The Kier molecular flexibility index (Phi) is 8.44. The van der Waals surface area contributed by atoms with Crippen LogP contribution < -0.4 is 20.3 Å². The maximum atomic E-state index is 12.7. The number of nitrogens with one attached hydrogen (secondary N) is 3. The second kappa shape index (κ2) is 11.5. The average Bonchev–Trinajstić information content (AvgIpc) is 2.77. The number of carbonyl (C=O) groups excluding carboxylic acids is 2. The fraction of sp³-hybridized carbons (Fsp3) is 0.417. The zero-order chi connectivity index (χ0) is 22.1. The van der Waals surface area contributed by atoms with Crippen LogP contribution in [-0.4, -0.2) is 57.3 Å². The summed E-state index contributed by atoms with van der Waals surface area (Å²) in [6.07, 6.45) is 0.200. The molecule has 3 rings (SSSR count). The Bertz CT molecular complexity index is 881. The van der Waals surface area contributed by atoms with Gasteiger partial charge in [-0.25, -0.2) is 0 Å². The minimum absolute atomic E-state index is 0.194. The SMILES string of the molecule is Cc1cccc(O[C@H](C)C(=O)Nc2ccccc2C(=O)NCCC[NH+]2CCOCC2)c1. The Morgan fingerprint density at radius 1 is 1.13 bits per heavy atom. The number of hydrogen-bond donors (Lipinski definition) is 3. The van der Waals surface area contributed by atoms with E-state index in [1.54, 1.807) is 31.2 Å². The lowest BCUT2D eigenvalue weighted by atomic mass is 10.1. The van der Waals surface area contributed by atoms with E-state index in [2.05, 4.69) is 10.6 Å². The van der Waals surface area contributed by atoms with Crippen molar-refractivity contribution in [3.8, 4) is 5.75 Å². The normalized spacial score (nSPS) is 15.2. The molecule has 1 saturated heterocycles. The number of ether oxygens (including phenoxy) is 2. The van der Waals surface area contributed by atoms with E-state index in [4.69, 9.17) is 9.47 Å². The molecule has 166 valence electrons. The maximum absolute atomic E-state index is 12.7. The molecule has 2 aromatic carbocycles. The van der Waals surface area contributed by atoms with Gasteiger partial charge in [-0.3, -0.25) is 9.59 Å². The number of aryl methyl sites for hydroxylation is 1. The second-order valence-corrected chi connectivity index (χ2v) is 7.83. The Morgan fingerprint density at radius 3 is 2.68 bits per heavy atom. The summed E-state index contributed by atoms with van der Waals surface area (Å²) in [5.74, 6) is 0.133. The molecule has 0 aliphatic carbocycles. The fourth-order valence-electron chi connectivity index (χ4n) is 3.52. The van der Waals surface area contributed by atoms with Crippen LogP contribution in [0.25, 0.3) is 0 Å². The zero-order valence-electron chi connectivity index (χ0n) is 18.3. The number of benzene rings is 2. The molecule has 1 heterocycles. The largest absolute Gasteiger partial charge is 0.481 e. The average molecular weight is 427 g/mol. The molecule has 0 aromatic heterocycles. The van der Waals surface area contributed by atoms with Crippen LogP contribution >= 0.6 is 0 Å². The first-order valence-corrected chi connectivity index (χ1v) is 10.9. The molecule has 7 nitrogen and oxygen atoms in total. The van der Waals surface area contributed by atoms with Crippen LogP contribution in [0.1, 0.15) is 29.3 Å². The first-order valence-electron chi connectivity index (χ1n) is 10.9. The van der Waals surface area contributed by atoms with E-state index in [-0.39, 0.29) is 11.8 Å². The van der Waals surface area contributed by atoms with Crippen LogP contribution in [0.4, 0.5) is 5.69 Å². The van der Waals surface area contributed by atoms with Gasteiger partial charge >= 0.3 is 0 Å². The van der Waals surface area contributed by atoms with Crippen LogP contribution in [0, 0.1) is 6.92 Å². The highest BCUT2D eigenvalue weighted by atomic mass is 16.5. The van der Waals surface area contributed by atoms with Crippen LogP contribution in [0.3, 0.4) is 0 Å². The fourth-order valence-corrected chi connectivity index (χ4v) is 3.52. The molecule has 0 bridgehead atoms. The number of quaternary nitrogens is 1. The summed E-state index contributed by atoms with van der Waals surface area (Å²) in [5, 5.41) is 5.79. The zero-order valence-corrected chi connectivity index (χ0v) is 18.3. The Morgan fingerprint density at radius 2 is 1.90 bits per heavy atom. The molecule has 1 aliphatic heterocycles. The lowest BCUT2D eigenvalue weighted by Gasteiger charge is -2.23. The van der Waals surface area contributed by atoms with Gasteiger partial charge in [0, 0.05) is 13.0 Å². The van der Waals surface area contributed by atoms with E-state index < -0.39 is 6.10 Å². The van der Waals surface area contributed by atoms with Gasteiger partial charge in [0.25, 0.3) is 11.8 Å². The van der Waals surface area contributed by atoms with Gasteiger partial charge < -0.3 is 25.0 Å². The number of anilines is 1. The lowest BCUT2D eigenvalue weighted by molar-refractivity contribution is -0.908. The molecule has 1 atom stereocenters. The number of amides is 2. The molecule has 0 spiro atoms. The van der Waals surface area contributed by atoms with Crippen LogP contribution in [0.2, 0.25) is 0 Å². The van der Waals surface area contributed by atoms with Crippen molar-refractivity contribution < 1.29 is 24.0 Å². The lowest BCUT2D eigenvalue weighted by Crippen LogP contribution is -3.14. The summed E-state index contributed by atoms with van der Waals surface area (Å²) >= 11 is 0. The second-order valence-electron chi connectivity index (χ2n) is 7.83. The molecule has 1 aliphatic rings. The Labute approximate surface area is 183 Å². The molecule has 0 radical (unpaired) electrons. The molecule has 1 fully saturated rings. The van der Waals surface area contributed by atoms with E-state index in [1.165, 1.54) is 4.90 Å². The van der Waals surface area contributed by atoms with Crippen molar-refractivity contribution in [2.24, 2.45) is 0 Å². The van der Waals surface area contributed by atoms with E-state index in [1.807, 2.05) is 31.2 Å². The van der Waals surface area contributed by atoms with E-state index in [0.717, 1.165) is 44.8 Å². The van der Waals surface area contributed by atoms with Crippen molar-refractivity contribution in [2.45, 2.75) is 26.4 Å². The van der Waals surface area contributed by atoms with E-state index in [9.17, 15) is 9.59 Å². The van der Waals surface area contributed by atoms with Gasteiger partial charge in [-0.15, -0.1) is 0 Å². The predicted octanol–water partition coefficient (Wildman–Crippen LogP) is 1.44. The molecule has 0 unspecified atom stereocenters. The van der Waals surface area contributed by atoms with Gasteiger partial charge in [-0.1, -0.05) is 24.3 Å². The van der Waals surface area contributed by atoms with Crippen LogP contribution in [0.5, 0.6) is 5.75 Å². The molecule has 31 heavy (non-hydrogen) atoms. The maximum Gasteiger partial charge on any atom is 0.265 e. The first-order chi connectivity index (χ1) is 15.0. The monoisotopic (exact) mass is 426 g/mol. The summed E-state index contributed by atoms with van der Waals surface area (Å²) in [5.41, 5.74) is 1.98. The van der Waals surface area contributed by atoms with Gasteiger partial charge in [0.1, 0.15) is 18.8 Å². The third kappa shape index (κ3) is 7.08. The van der Waals surface area contributed by atoms with Crippen molar-refractivity contribution >= 4 is 17.5 Å². The summed E-state index contributed by atoms with van der Waals surface area (Å²) in [4.78, 5) is 26.8. The highest BCUT2D eigenvalue weighted by Crippen LogP contribution is 2.18. The van der Waals surface area contributed by atoms with Gasteiger partial charge in [-0.2, -0.15) is 0 Å². The predicted molar refractivity (Wildman–Crippen MR) is 120 cm³/mol. The van der Waals surface area contributed by atoms with Crippen molar-refractivity contribution in [1.29, 1.82) is 0 Å². The Balaban J connectivity index is 1.51. The molecule has 7 heteroatoms. The van der Waals surface area contributed by atoms with Gasteiger partial charge in [0.05, 0.1) is 31.0 Å². The van der Waals surface area contributed by atoms with Gasteiger partial charge in [0.15, 0.2) is 6.10 Å². The van der Waals surface area contributed by atoms with Crippen molar-refractivity contribution in [3.63, 3.8) is 0 Å². The topological polar surface area (TPSA) is 81.1 Å². The molecule has 2 amide bonds. The number of morpholine rings is 1. The minimum Gasteiger partial charge on any atom is -0.481 e. The van der Waals surface area contributed by atoms with Crippen molar-refractivity contribution in [1.82, 2.24) is 5.32 Å². The number of rotatable bonds is 9. The van der Waals surface area contributed by atoms with Crippen molar-refractivity contribution in [3.05, 3.63) is 59.7 Å². The van der Waals surface area contributed by atoms with Gasteiger partial charge in [0.2, 0.25) is 0 Å². The van der Waals surface area contributed by atoms with Crippen molar-refractivity contribution in [2.75, 3.05) is 44.7 Å². The molecular formula is C24H32N3O4+. The summed E-state index contributed by atoms with van der Waals surface area (Å²) in [6.45, 7) is 8.91. The Hall–Kier alpha value is -2.90. The smallest absolute Gasteiger partial charge is 0.265 e. The number of hydrogen-bond acceptors (Lipinski definition) is 4. The summed E-state index contributed by atoms with van der Waals surface area (Å²) < 4.78 is 11.1. The number of carbonyl (C=O) groups is 2. The molecular weight excluding hydrogens is 394 g/mol. The minimum atomic E-state index is -0.700. The quantitative estimate of drug-likeness (QED) is 0.530. The number of para-hydroxylation sites is 1. The molecule has 2 aromatic rings. The van der Waals surface area contributed by atoms with E-state index in [0.29, 0.717) is 23.5 Å². The third-order valence-corrected chi connectivity index (χ3v) is 5.29. The molecule has 0 saturated carbocycles. The van der Waals surface area contributed by atoms with Crippen LogP contribution in [0.15, 0.2) is 48.5 Å². The third-order valence-electron chi connectivity index (χ3n) is 5.29. The highest BCUT2D eigenvalue weighted by molar-refractivity contribution is 6.04. The highest BCUT2D eigenvalue weighted by Gasteiger charge is 2.19. The van der Waals surface area contributed by atoms with E-state index >= 15 is 0 Å².